The number of allylic oxidation sites excluding steroid dienone is 2. The summed E-state index contributed by atoms with van der Waals surface area (Å²) in [6.45, 7) is 6.59. The number of carbonyl (C=O) groups is 3. The Hall–Kier alpha value is -3.47. The molecule has 3 aliphatic rings. The SMILES string of the molecule is CCC[C@]12C(=O)N(CCc3ccccc3)C(=O)N1CC1=C(c3ccccc3)C(=O)C(=C(C)C)[C@@H]12. The predicted octanol–water partition coefficient (Wildman–Crippen LogP) is 5.03. The van der Waals surface area contributed by atoms with Gasteiger partial charge < -0.3 is 4.90 Å². The molecule has 0 saturated carbocycles. The first-order valence-corrected chi connectivity index (χ1v) is 12.1. The summed E-state index contributed by atoms with van der Waals surface area (Å²) in [5, 5.41) is 0. The van der Waals surface area contributed by atoms with Gasteiger partial charge in [-0.1, -0.05) is 79.6 Å². The van der Waals surface area contributed by atoms with Crippen molar-refractivity contribution in [2.45, 2.75) is 45.6 Å². The number of amides is 3. The Morgan fingerprint density at radius 2 is 1.62 bits per heavy atom. The highest BCUT2D eigenvalue weighted by Gasteiger charge is 2.68. The molecular weight excluding hydrogens is 424 g/mol. The molecular formula is C29H30N2O3. The van der Waals surface area contributed by atoms with Gasteiger partial charge in [0, 0.05) is 30.2 Å². The lowest BCUT2D eigenvalue weighted by atomic mass is 9.75. The fourth-order valence-electron chi connectivity index (χ4n) is 6.13. The number of rotatable bonds is 6. The van der Waals surface area contributed by atoms with Gasteiger partial charge in [0.25, 0.3) is 5.91 Å². The van der Waals surface area contributed by atoms with Gasteiger partial charge in [0.15, 0.2) is 5.78 Å². The quantitative estimate of drug-likeness (QED) is 0.454. The molecule has 2 atom stereocenters. The Labute approximate surface area is 200 Å². The fraction of sp³-hybridized carbons (Fsp3) is 0.345. The molecule has 0 N–H and O–H groups in total. The normalized spacial score (nSPS) is 23.8. The lowest BCUT2D eigenvalue weighted by Crippen LogP contribution is -2.50. The van der Waals surface area contributed by atoms with Crippen LogP contribution in [-0.2, 0) is 16.0 Å². The highest BCUT2D eigenvalue weighted by atomic mass is 16.2. The summed E-state index contributed by atoms with van der Waals surface area (Å²) in [6, 6.07) is 19.3. The summed E-state index contributed by atoms with van der Waals surface area (Å²) in [5.74, 6) is -0.529. The molecule has 3 amide bonds. The zero-order valence-electron chi connectivity index (χ0n) is 20.0. The maximum absolute atomic E-state index is 14.1. The second-order valence-electron chi connectivity index (χ2n) is 9.68. The van der Waals surface area contributed by atoms with Crippen LogP contribution in [0.3, 0.4) is 0 Å². The van der Waals surface area contributed by atoms with Crippen molar-refractivity contribution in [1.29, 1.82) is 0 Å². The van der Waals surface area contributed by atoms with Crippen LogP contribution in [0.15, 0.2) is 77.4 Å². The van der Waals surface area contributed by atoms with Crippen LogP contribution in [0.25, 0.3) is 5.57 Å². The Balaban J connectivity index is 1.60. The molecule has 2 aliphatic heterocycles. The monoisotopic (exact) mass is 454 g/mol. The van der Waals surface area contributed by atoms with Gasteiger partial charge in [-0.15, -0.1) is 0 Å². The molecule has 2 aromatic rings. The molecule has 34 heavy (non-hydrogen) atoms. The lowest BCUT2D eigenvalue weighted by molar-refractivity contribution is -0.134. The third kappa shape index (κ3) is 3.10. The van der Waals surface area contributed by atoms with Gasteiger partial charge in [-0.2, -0.15) is 0 Å². The maximum Gasteiger partial charge on any atom is 0.328 e. The van der Waals surface area contributed by atoms with Crippen molar-refractivity contribution in [3.05, 3.63) is 88.5 Å². The molecule has 2 aromatic carbocycles. The minimum atomic E-state index is -1.02. The third-order valence-corrected chi connectivity index (χ3v) is 7.49. The molecule has 2 fully saturated rings. The number of imide groups is 1. The highest BCUT2D eigenvalue weighted by Crippen LogP contribution is 2.57. The average Bonchev–Trinajstić information content (AvgIpc) is 3.38. The van der Waals surface area contributed by atoms with E-state index < -0.39 is 5.54 Å². The Morgan fingerprint density at radius 3 is 2.24 bits per heavy atom. The van der Waals surface area contributed by atoms with E-state index in [-0.39, 0.29) is 23.6 Å². The molecule has 5 heteroatoms. The van der Waals surface area contributed by atoms with Crippen LogP contribution in [0.2, 0.25) is 0 Å². The van der Waals surface area contributed by atoms with Crippen molar-refractivity contribution in [1.82, 2.24) is 9.80 Å². The molecule has 5 rings (SSSR count). The molecule has 0 bridgehead atoms. The van der Waals surface area contributed by atoms with Crippen LogP contribution in [-0.4, -0.2) is 46.1 Å². The number of hydrogen-bond acceptors (Lipinski definition) is 3. The molecule has 1 aliphatic carbocycles. The van der Waals surface area contributed by atoms with E-state index in [4.69, 9.17) is 0 Å². The smallest absolute Gasteiger partial charge is 0.305 e. The van der Waals surface area contributed by atoms with Crippen molar-refractivity contribution < 1.29 is 14.4 Å². The number of Topliss-reactive ketones (excluding diaryl/α,β-unsaturated/α-hetero) is 1. The van der Waals surface area contributed by atoms with Crippen LogP contribution < -0.4 is 0 Å². The first kappa shape index (κ1) is 22.3. The van der Waals surface area contributed by atoms with Crippen molar-refractivity contribution in [3.63, 3.8) is 0 Å². The van der Waals surface area contributed by atoms with Gasteiger partial charge in [0.1, 0.15) is 5.54 Å². The third-order valence-electron chi connectivity index (χ3n) is 7.49. The van der Waals surface area contributed by atoms with E-state index in [9.17, 15) is 14.4 Å². The fourth-order valence-corrected chi connectivity index (χ4v) is 6.13. The van der Waals surface area contributed by atoms with Crippen LogP contribution >= 0.6 is 0 Å². The lowest BCUT2D eigenvalue weighted by Gasteiger charge is -2.33. The zero-order chi connectivity index (χ0) is 24.0. The Bertz CT molecular complexity index is 1220. The van der Waals surface area contributed by atoms with Crippen molar-refractivity contribution in [2.75, 3.05) is 13.1 Å². The second kappa shape index (κ2) is 8.39. The number of nitrogens with zero attached hydrogens (tertiary/aromatic N) is 2. The van der Waals surface area contributed by atoms with Crippen LogP contribution in [0, 0.1) is 5.92 Å². The second-order valence-corrected chi connectivity index (χ2v) is 9.68. The van der Waals surface area contributed by atoms with E-state index in [0.717, 1.165) is 28.7 Å². The van der Waals surface area contributed by atoms with Gasteiger partial charge in [-0.25, -0.2) is 4.79 Å². The number of ketones is 1. The molecule has 2 saturated heterocycles. The highest BCUT2D eigenvalue weighted by molar-refractivity contribution is 6.34. The van der Waals surface area contributed by atoms with Gasteiger partial charge in [0.05, 0.1) is 0 Å². The average molecular weight is 455 g/mol. The Kier molecular flexibility index (Phi) is 5.51. The summed E-state index contributed by atoms with van der Waals surface area (Å²) >= 11 is 0. The summed E-state index contributed by atoms with van der Waals surface area (Å²) in [5.41, 5.74) is 4.13. The predicted molar refractivity (Wildman–Crippen MR) is 132 cm³/mol. The summed E-state index contributed by atoms with van der Waals surface area (Å²) in [7, 11) is 0. The van der Waals surface area contributed by atoms with E-state index in [1.54, 1.807) is 4.90 Å². The van der Waals surface area contributed by atoms with Gasteiger partial charge in [0.2, 0.25) is 0 Å². The minimum Gasteiger partial charge on any atom is -0.305 e. The first-order chi connectivity index (χ1) is 16.4. The Morgan fingerprint density at radius 1 is 0.971 bits per heavy atom. The van der Waals surface area contributed by atoms with E-state index >= 15 is 0 Å². The zero-order valence-corrected chi connectivity index (χ0v) is 20.0. The van der Waals surface area contributed by atoms with Gasteiger partial charge in [-0.05, 0) is 43.4 Å². The molecule has 0 spiro atoms. The van der Waals surface area contributed by atoms with Crippen LogP contribution in [0.1, 0.15) is 44.7 Å². The van der Waals surface area contributed by atoms with Gasteiger partial charge >= 0.3 is 6.03 Å². The standard InChI is InChI=1S/C29H30N2O3/c1-4-16-29-25-22(24(21-13-9-6-10-14-21)26(32)23(25)19(2)3)18-31(29)28(34)30(27(29)33)17-15-20-11-7-5-8-12-20/h5-14,25H,4,15-18H2,1-3H3/t25-,29+/m1/s1. The number of carbonyl (C=O) groups excluding carboxylic acids is 3. The van der Waals surface area contributed by atoms with E-state index in [1.807, 2.05) is 81.4 Å². The van der Waals surface area contributed by atoms with E-state index in [0.29, 0.717) is 37.1 Å². The van der Waals surface area contributed by atoms with Crippen LogP contribution in [0.5, 0.6) is 0 Å². The van der Waals surface area contributed by atoms with Crippen molar-refractivity contribution in [2.24, 2.45) is 5.92 Å². The largest absolute Gasteiger partial charge is 0.328 e. The minimum absolute atomic E-state index is 0.00399. The summed E-state index contributed by atoms with van der Waals surface area (Å²) < 4.78 is 0. The molecule has 0 unspecified atom stereocenters. The number of fused-ring (bicyclic) bond motifs is 3. The molecule has 5 nitrogen and oxygen atoms in total. The first-order valence-electron chi connectivity index (χ1n) is 12.1. The maximum atomic E-state index is 14.1. The summed E-state index contributed by atoms with van der Waals surface area (Å²) in [6.07, 6.45) is 1.90. The van der Waals surface area contributed by atoms with E-state index in [2.05, 4.69) is 0 Å². The van der Waals surface area contributed by atoms with Gasteiger partial charge in [-0.3, -0.25) is 14.5 Å². The van der Waals surface area contributed by atoms with Crippen molar-refractivity contribution in [3.8, 4) is 0 Å². The van der Waals surface area contributed by atoms with Crippen LogP contribution in [0.4, 0.5) is 4.79 Å². The number of benzene rings is 2. The molecule has 0 radical (unpaired) electrons. The van der Waals surface area contributed by atoms with Crippen molar-refractivity contribution >= 4 is 23.3 Å². The molecule has 0 aromatic heterocycles. The topological polar surface area (TPSA) is 57.7 Å². The number of hydrogen-bond donors (Lipinski definition) is 0. The number of urea groups is 1. The molecule has 2 heterocycles. The summed E-state index contributed by atoms with van der Waals surface area (Å²) in [4.78, 5) is 44.7. The van der Waals surface area contributed by atoms with E-state index in [1.165, 1.54) is 4.90 Å². The molecule has 174 valence electrons.